The summed E-state index contributed by atoms with van der Waals surface area (Å²) in [5.74, 6) is 1.38. The number of fused-ring (bicyclic) bond motifs is 1. The molecule has 1 aliphatic heterocycles. The number of carbonyl (C=O) groups excluding carboxylic acids is 1. The van der Waals surface area contributed by atoms with Crippen LogP contribution in [0.25, 0.3) is 0 Å². The monoisotopic (exact) mass is 208 g/mol. The molecule has 0 unspecified atom stereocenters. The summed E-state index contributed by atoms with van der Waals surface area (Å²) in [6.45, 7) is 0.745. The lowest BCUT2D eigenvalue weighted by Crippen LogP contribution is -2.12. The van der Waals surface area contributed by atoms with E-state index < -0.39 is 0 Å². The summed E-state index contributed by atoms with van der Waals surface area (Å²) in [7, 11) is 1.58. The van der Waals surface area contributed by atoms with Crippen LogP contribution in [0.3, 0.4) is 0 Å². The molecule has 80 valence electrons. The molecule has 0 N–H and O–H groups in total. The van der Waals surface area contributed by atoms with Crippen molar-refractivity contribution in [3.63, 3.8) is 0 Å². The third-order valence-electron chi connectivity index (χ3n) is 2.27. The Morgan fingerprint density at radius 2 is 2.40 bits per heavy atom. The SMILES string of the molecule is COc1cc(CC=O)cc2c1OCOC2. The van der Waals surface area contributed by atoms with E-state index in [1.54, 1.807) is 7.11 Å². The van der Waals surface area contributed by atoms with Crippen LogP contribution in [0.5, 0.6) is 11.5 Å². The van der Waals surface area contributed by atoms with Crippen LogP contribution in [-0.2, 0) is 22.6 Å². The molecule has 0 amide bonds. The first kappa shape index (κ1) is 9.98. The van der Waals surface area contributed by atoms with Gasteiger partial charge in [-0.05, 0) is 17.7 Å². The van der Waals surface area contributed by atoms with E-state index in [2.05, 4.69) is 0 Å². The van der Waals surface area contributed by atoms with Crippen molar-refractivity contribution < 1.29 is 19.0 Å². The number of benzene rings is 1. The summed E-state index contributed by atoms with van der Waals surface area (Å²) in [6, 6.07) is 3.73. The van der Waals surface area contributed by atoms with E-state index >= 15 is 0 Å². The van der Waals surface area contributed by atoms with Gasteiger partial charge in [0.05, 0.1) is 13.7 Å². The zero-order valence-electron chi connectivity index (χ0n) is 8.49. The second-order valence-corrected chi connectivity index (χ2v) is 3.27. The minimum atomic E-state index is 0.246. The lowest BCUT2D eigenvalue weighted by atomic mass is 10.1. The number of ether oxygens (including phenoxy) is 3. The first-order chi connectivity index (χ1) is 7.35. The van der Waals surface area contributed by atoms with E-state index in [9.17, 15) is 4.79 Å². The van der Waals surface area contributed by atoms with Gasteiger partial charge in [-0.15, -0.1) is 0 Å². The van der Waals surface area contributed by atoms with E-state index in [1.165, 1.54) is 0 Å². The van der Waals surface area contributed by atoms with Crippen LogP contribution in [0.2, 0.25) is 0 Å². The van der Waals surface area contributed by atoms with Crippen LogP contribution in [0, 0.1) is 0 Å². The fourth-order valence-corrected chi connectivity index (χ4v) is 1.61. The summed E-state index contributed by atoms with van der Waals surface area (Å²) in [4.78, 5) is 10.4. The smallest absolute Gasteiger partial charge is 0.189 e. The third kappa shape index (κ3) is 1.94. The molecule has 1 aliphatic rings. The van der Waals surface area contributed by atoms with Crippen molar-refractivity contribution in [1.29, 1.82) is 0 Å². The molecular weight excluding hydrogens is 196 g/mol. The Labute approximate surface area is 87.8 Å². The average molecular weight is 208 g/mol. The minimum absolute atomic E-state index is 0.246. The molecule has 0 bridgehead atoms. The van der Waals surface area contributed by atoms with Crippen molar-refractivity contribution in [3.05, 3.63) is 23.3 Å². The predicted molar refractivity (Wildman–Crippen MR) is 53.0 cm³/mol. The van der Waals surface area contributed by atoms with Crippen molar-refractivity contribution in [2.24, 2.45) is 0 Å². The van der Waals surface area contributed by atoms with Gasteiger partial charge in [-0.2, -0.15) is 0 Å². The predicted octanol–water partition coefficient (Wildman–Crippen LogP) is 1.30. The van der Waals surface area contributed by atoms with Gasteiger partial charge in [-0.3, -0.25) is 0 Å². The molecule has 4 nitrogen and oxygen atoms in total. The van der Waals surface area contributed by atoms with E-state index in [0.717, 1.165) is 23.2 Å². The first-order valence-electron chi connectivity index (χ1n) is 4.69. The maximum atomic E-state index is 10.4. The van der Waals surface area contributed by atoms with Crippen LogP contribution >= 0.6 is 0 Å². The van der Waals surface area contributed by atoms with Gasteiger partial charge in [-0.25, -0.2) is 0 Å². The summed E-state index contributed by atoms with van der Waals surface area (Å²) in [5.41, 5.74) is 1.84. The highest BCUT2D eigenvalue weighted by Crippen LogP contribution is 2.35. The molecule has 0 radical (unpaired) electrons. The molecule has 1 heterocycles. The molecule has 0 atom stereocenters. The van der Waals surface area contributed by atoms with Crippen molar-refractivity contribution in [3.8, 4) is 11.5 Å². The topological polar surface area (TPSA) is 44.8 Å². The zero-order valence-corrected chi connectivity index (χ0v) is 8.49. The van der Waals surface area contributed by atoms with Gasteiger partial charge in [0.2, 0.25) is 0 Å². The number of carbonyl (C=O) groups is 1. The van der Waals surface area contributed by atoms with Gasteiger partial charge in [0.1, 0.15) is 6.29 Å². The second-order valence-electron chi connectivity index (χ2n) is 3.27. The minimum Gasteiger partial charge on any atom is -0.493 e. The Balaban J connectivity index is 2.42. The zero-order chi connectivity index (χ0) is 10.7. The van der Waals surface area contributed by atoms with Crippen LogP contribution in [0.4, 0.5) is 0 Å². The number of aldehydes is 1. The molecule has 0 fully saturated rings. The average Bonchev–Trinajstić information content (AvgIpc) is 2.28. The standard InChI is InChI=1S/C11H12O4/c1-13-10-5-8(2-3-12)4-9-6-14-7-15-11(9)10/h3-5H,2,6-7H2,1H3. The number of rotatable bonds is 3. The quantitative estimate of drug-likeness (QED) is 0.702. The highest BCUT2D eigenvalue weighted by molar-refractivity contribution is 5.58. The van der Waals surface area contributed by atoms with Crippen LogP contribution < -0.4 is 9.47 Å². The number of hydrogen-bond donors (Lipinski definition) is 0. The second kappa shape index (κ2) is 4.31. The van der Waals surface area contributed by atoms with Gasteiger partial charge < -0.3 is 19.0 Å². The highest BCUT2D eigenvalue weighted by Gasteiger charge is 2.16. The fraction of sp³-hybridized carbons (Fsp3) is 0.364. The van der Waals surface area contributed by atoms with Crippen LogP contribution in [-0.4, -0.2) is 20.2 Å². The highest BCUT2D eigenvalue weighted by atomic mass is 16.7. The molecule has 0 saturated carbocycles. The summed E-state index contributed by atoms with van der Waals surface area (Å²) in [6.07, 6.45) is 1.25. The van der Waals surface area contributed by atoms with Crippen molar-refractivity contribution >= 4 is 6.29 Å². The fourth-order valence-electron chi connectivity index (χ4n) is 1.61. The Kier molecular flexibility index (Phi) is 2.87. The molecule has 0 saturated heterocycles. The lowest BCUT2D eigenvalue weighted by Gasteiger charge is -2.20. The number of hydrogen-bond acceptors (Lipinski definition) is 4. The van der Waals surface area contributed by atoms with Gasteiger partial charge in [0, 0.05) is 12.0 Å². The maximum Gasteiger partial charge on any atom is 0.189 e. The number of methoxy groups -OCH3 is 1. The van der Waals surface area contributed by atoms with Crippen LogP contribution in [0.1, 0.15) is 11.1 Å². The molecule has 4 heteroatoms. The van der Waals surface area contributed by atoms with Gasteiger partial charge >= 0.3 is 0 Å². The third-order valence-corrected chi connectivity index (χ3v) is 2.27. The molecule has 1 aromatic carbocycles. The Morgan fingerprint density at radius 1 is 1.53 bits per heavy atom. The van der Waals surface area contributed by atoms with E-state index in [1.807, 2.05) is 12.1 Å². The summed E-state index contributed by atoms with van der Waals surface area (Å²) in [5, 5.41) is 0. The molecule has 0 spiro atoms. The van der Waals surface area contributed by atoms with E-state index in [0.29, 0.717) is 18.8 Å². The van der Waals surface area contributed by atoms with Gasteiger partial charge in [-0.1, -0.05) is 0 Å². The normalized spacial score (nSPS) is 13.9. The van der Waals surface area contributed by atoms with Gasteiger partial charge in [0.25, 0.3) is 0 Å². The largest absolute Gasteiger partial charge is 0.493 e. The van der Waals surface area contributed by atoms with Gasteiger partial charge in [0.15, 0.2) is 18.3 Å². The van der Waals surface area contributed by atoms with Crippen LogP contribution in [0.15, 0.2) is 12.1 Å². The molecule has 2 rings (SSSR count). The Bertz CT molecular complexity index is 356. The molecular formula is C11H12O4. The Hall–Kier alpha value is -1.55. The maximum absolute atomic E-state index is 10.4. The summed E-state index contributed by atoms with van der Waals surface area (Å²) >= 11 is 0. The first-order valence-corrected chi connectivity index (χ1v) is 4.69. The van der Waals surface area contributed by atoms with Crippen molar-refractivity contribution in [2.75, 3.05) is 13.9 Å². The lowest BCUT2D eigenvalue weighted by molar-refractivity contribution is -0.107. The molecule has 0 aliphatic carbocycles. The molecule has 1 aromatic rings. The van der Waals surface area contributed by atoms with E-state index in [-0.39, 0.29) is 6.79 Å². The Morgan fingerprint density at radius 3 is 3.13 bits per heavy atom. The van der Waals surface area contributed by atoms with Crippen molar-refractivity contribution in [2.45, 2.75) is 13.0 Å². The van der Waals surface area contributed by atoms with E-state index in [4.69, 9.17) is 14.2 Å². The summed E-state index contributed by atoms with van der Waals surface area (Å²) < 4.78 is 15.7. The van der Waals surface area contributed by atoms with Crippen molar-refractivity contribution in [1.82, 2.24) is 0 Å². The molecule has 15 heavy (non-hydrogen) atoms. The molecule has 0 aromatic heterocycles.